The first kappa shape index (κ1) is 19.2. The third kappa shape index (κ3) is 5.01. The second-order valence-corrected chi connectivity index (χ2v) is 7.72. The zero-order chi connectivity index (χ0) is 19.4. The Kier molecular flexibility index (Phi) is 5.71. The lowest BCUT2D eigenvalue weighted by Crippen LogP contribution is -2.14. The number of carbonyl (C=O) groups excluding carboxylic acids is 1. The van der Waals surface area contributed by atoms with Crippen LogP contribution in [0.3, 0.4) is 0 Å². The number of nitrogen functional groups attached to an aromatic ring is 1. The predicted octanol–water partition coefficient (Wildman–Crippen LogP) is 5.14. The summed E-state index contributed by atoms with van der Waals surface area (Å²) >= 11 is 2.51. The Morgan fingerprint density at radius 1 is 1.11 bits per heavy atom. The number of aromatic nitrogens is 1. The fraction of sp³-hybridized carbons (Fsp3) is 0.111. The number of hydrogen-bond donors (Lipinski definition) is 2. The van der Waals surface area contributed by atoms with E-state index in [1.165, 1.54) is 35.2 Å². The lowest BCUT2D eigenvalue weighted by molar-refractivity contribution is -0.137. The molecule has 0 aliphatic heterocycles. The summed E-state index contributed by atoms with van der Waals surface area (Å²) < 4.78 is 38.3. The molecule has 4 nitrogen and oxygen atoms in total. The number of amides is 1. The molecule has 3 N–H and O–H groups in total. The molecule has 2 aromatic carbocycles. The maximum Gasteiger partial charge on any atom is 0.416 e. The fourth-order valence-electron chi connectivity index (χ4n) is 2.24. The normalized spacial score (nSPS) is 11.4. The van der Waals surface area contributed by atoms with Crippen molar-refractivity contribution in [2.24, 2.45) is 0 Å². The first-order chi connectivity index (χ1) is 12.8. The highest BCUT2D eigenvalue weighted by Crippen LogP contribution is 2.35. The Labute approximate surface area is 161 Å². The van der Waals surface area contributed by atoms with Gasteiger partial charge in [0.15, 0.2) is 4.34 Å². The minimum Gasteiger partial charge on any atom is -0.389 e. The van der Waals surface area contributed by atoms with Crippen molar-refractivity contribution in [2.75, 3.05) is 16.8 Å². The molecule has 0 radical (unpaired) electrons. The van der Waals surface area contributed by atoms with Gasteiger partial charge >= 0.3 is 6.18 Å². The van der Waals surface area contributed by atoms with Gasteiger partial charge in [0.1, 0.15) is 10.7 Å². The summed E-state index contributed by atoms with van der Waals surface area (Å²) in [7, 11) is 0. The number of halogens is 3. The maximum absolute atomic E-state index is 12.5. The van der Waals surface area contributed by atoms with Crippen LogP contribution in [0.15, 0.2) is 58.9 Å². The second kappa shape index (κ2) is 8.01. The fourth-order valence-corrected chi connectivity index (χ4v) is 3.99. The van der Waals surface area contributed by atoms with E-state index in [9.17, 15) is 18.0 Å². The molecule has 3 rings (SSSR count). The largest absolute Gasteiger partial charge is 0.416 e. The van der Waals surface area contributed by atoms with E-state index in [2.05, 4.69) is 10.3 Å². The second-order valence-electron chi connectivity index (χ2n) is 5.47. The summed E-state index contributed by atoms with van der Waals surface area (Å²) in [6, 6.07) is 13.8. The number of hydrogen-bond acceptors (Lipinski definition) is 5. The van der Waals surface area contributed by atoms with E-state index in [1.54, 1.807) is 0 Å². The number of nitrogens with one attached hydrogen (secondary N) is 1. The summed E-state index contributed by atoms with van der Waals surface area (Å²) in [6.45, 7) is 0. The summed E-state index contributed by atoms with van der Waals surface area (Å²) in [6.07, 6.45) is -4.40. The molecular formula is C18H14F3N3OS2. The number of carbonyl (C=O) groups is 1. The Morgan fingerprint density at radius 3 is 2.41 bits per heavy atom. The van der Waals surface area contributed by atoms with Crippen molar-refractivity contribution < 1.29 is 18.0 Å². The van der Waals surface area contributed by atoms with Gasteiger partial charge < -0.3 is 11.1 Å². The van der Waals surface area contributed by atoms with Gasteiger partial charge in [-0.3, -0.25) is 4.79 Å². The van der Waals surface area contributed by atoms with Crippen molar-refractivity contribution >= 4 is 39.7 Å². The SMILES string of the molecule is Nc1sc(SCC(=O)Nc2ccc(C(F)(F)F)cc2)nc1-c1ccccc1. The smallest absolute Gasteiger partial charge is 0.389 e. The number of thioether (sulfide) groups is 1. The van der Waals surface area contributed by atoms with E-state index in [1.807, 2.05) is 30.3 Å². The number of rotatable bonds is 5. The van der Waals surface area contributed by atoms with Crippen molar-refractivity contribution in [3.8, 4) is 11.3 Å². The van der Waals surface area contributed by atoms with Crippen LogP contribution in [0.25, 0.3) is 11.3 Å². The maximum atomic E-state index is 12.5. The third-order valence-corrected chi connectivity index (χ3v) is 5.53. The van der Waals surface area contributed by atoms with E-state index < -0.39 is 11.7 Å². The molecule has 9 heteroatoms. The molecule has 1 aromatic heterocycles. The zero-order valence-corrected chi connectivity index (χ0v) is 15.4. The Morgan fingerprint density at radius 2 is 1.78 bits per heavy atom. The molecule has 3 aromatic rings. The standard InChI is InChI=1S/C18H14F3N3OS2/c19-18(20,21)12-6-8-13(9-7-12)23-14(25)10-26-17-24-15(16(22)27-17)11-4-2-1-3-5-11/h1-9H,10,22H2,(H,23,25). The van der Waals surface area contributed by atoms with Gasteiger partial charge in [0.05, 0.1) is 11.3 Å². The van der Waals surface area contributed by atoms with Crippen LogP contribution in [-0.2, 0) is 11.0 Å². The molecule has 0 fully saturated rings. The molecule has 0 aliphatic carbocycles. The number of nitrogens with zero attached hydrogens (tertiary/aromatic N) is 1. The summed E-state index contributed by atoms with van der Waals surface area (Å²) in [5.74, 6) is -0.267. The zero-order valence-electron chi connectivity index (χ0n) is 13.8. The molecule has 0 saturated carbocycles. The molecule has 1 heterocycles. The van der Waals surface area contributed by atoms with Crippen molar-refractivity contribution in [3.63, 3.8) is 0 Å². The van der Waals surface area contributed by atoms with Crippen LogP contribution in [0.2, 0.25) is 0 Å². The molecule has 0 unspecified atom stereocenters. The molecule has 0 spiro atoms. The molecule has 27 heavy (non-hydrogen) atoms. The Bertz CT molecular complexity index is 925. The lowest BCUT2D eigenvalue weighted by Gasteiger charge is -2.08. The quantitative estimate of drug-likeness (QED) is 0.573. The minimum absolute atomic E-state index is 0.0716. The van der Waals surface area contributed by atoms with Crippen molar-refractivity contribution in [2.45, 2.75) is 10.5 Å². The molecule has 0 atom stereocenters. The highest BCUT2D eigenvalue weighted by molar-refractivity contribution is 8.01. The van der Waals surface area contributed by atoms with Crippen molar-refractivity contribution in [3.05, 3.63) is 60.2 Å². The van der Waals surface area contributed by atoms with Crippen LogP contribution in [-0.4, -0.2) is 16.6 Å². The van der Waals surface area contributed by atoms with E-state index in [-0.39, 0.29) is 11.7 Å². The van der Waals surface area contributed by atoms with Crippen LogP contribution in [0.1, 0.15) is 5.56 Å². The number of benzene rings is 2. The van der Waals surface area contributed by atoms with Crippen LogP contribution >= 0.6 is 23.1 Å². The van der Waals surface area contributed by atoms with Crippen LogP contribution in [0, 0.1) is 0 Å². The number of alkyl halides is 3. The Hall–Kier alpha value is -2.52. The molecule has 0 bridgehead atoms. The number of thiazole rings is 1. The first-order valence-electron chi connectivity index (χ1n) is 7.74. The summed E-state index contributed by atoms with van der Waals surface area (Å²) in [5.41, 5.74) is 7.11. The molecule has 0 saturated heterocycles. The van der Waals surface area contributed by atoms with E-state index in [0.717, 1.165) is 17.7 Å². The third-order valence-electron chi connectivity index (χ3n) is 3.50. The molecule has 140 valence electrons. The topological polar surface area (TPSA) is 68.0 Å². The molecule has 1 amide bonds. The van der Waals surface area contributed by atoms with Gasteiger partial charge in [-0.05, 0) is 24.3 Å². The van der Waals surface area contributed by atoms with E-state index >= 15 is 0 Å². The highest BCUT2D eigenvalue weighted by atomic mass is 32.2. The van der Waals surface area contributed by atoms with Gasteiger partial charge in [0.25, 0.3) is 0 Å². The monoisotopic (exact) mass is 409 g/mol. The van der Waals surface area contributed by atoms with Gasteiger partial charge in [-0.2, -0.15) is 13.2 Å². The number of nitrogens with two attached hydrogens (primary N) is 1. The predicted molar refractivity (Wildman–Crippen MR) is 103 cm³/mol. The van der Waals surface area contributed by atoms with Gasteiger partial charge in [-0.15, -0.1) is 0 Å². The molecular weight excluding hydrogens is 395 g/mol. The average molecular weight is 409 g/mol. The molecule has 0 aliphatic rings. The highest BCUT2D eigenvalue weighted by Gasteiger charge is 2.30. The summed E-state index contributed by atoms with van der Waals surface area (Å²) in [4.78, 5) is 16.5. The van der Waals surface area contributed by atoms with Crippen molar-refractivity contribution in [1.82, 2.24) is 4.98 Å². The van der Waals surface area contributed by atoms with Crippen LogP contribution < -0.4 is 11.1 Å². The van der Waals surface area contributed by atoms with Gasteiger partial charge in [-0.1, -0.05) is 53.4 Å². The Balaban J connectivity index is 1.58. The summed E-state index contributed by atoms with van der Waals surface area (Å²) in [5, 5.41) is 3.12. The minimum atomic E-state index is -4.40. The van der Waals surface area contributed by atoms with E-state index in [0.29, 0.717) is 20.7 Å². The van der Waals surface area contributed by atoms with Gasteiger partial charge in [0, 0.05) is 11.3 Å². The average Bonchev–Trinajstić information content (AvgIpc) is 3.01. The van der Waals surface area contributed by atoms with Gasteiger partial charge in [0.2, 0.25) is 5.91 Å². The van der Waals surface area contributed by atoms with Crippen LogP contribution in [0.4, 0.5) is 23.9 Å². The lowest BCUT2D eigenvalue weighted by atomic mass is 10.2. The number of anilines is 2. The van der Waals surface area contributed by atoms with E-state index in [4.69, 9.17) is 5.73 Å². The van der Waals surface area contributed by atoms with Crippen LogP contribution in [0.5, 0.6) is 0 Å². The first-order valence-corrected chi connectivity index (χ1v) is 9.55. The van der Waals surface area contributed by atoms with Gasteiger partial charge in [-0.25, -0.2) is 4.98 Å². The van der Waals surface area contributed by atoms with Crippen molar-refractivity contribution in [1.29, 1.82) is 0 Å².